The second-order valence-electron chi connectivity index (χ2n) is 8.71. The topological polar surface area (TPSA) is 66.5 Å². The fourth-order valence-electron chi connectivity index (χ4n) is 3.51. The van der Waals surface area contributed by atoms with Crippen LogP contribution in [0.15, 0.2) is 53.4 Å². The fraction of sp³-hybridized carbons (Fsp3) is 0.435. The molecule has 1 amide bonds. The zero-order chi connectivity index (χ0) is 21.2. The Morgan fingerprint density at radius 3 is 2.24 bits per heavy atom. The third kappa shape index (κ3) is 4.87. The van der Waals surface area contributed by atoms with E-state index in [1.54, 1.807) is 18.2 Å². The van der Waals surface area contributed by atoms with E-state index in [2.05, 4.69) is 38.2 Å². The molecule has 3 rings (SSSR count). The summed E-state index contributed by atoms with van der Waals surface area (Å²) in [5.41, 5.74) is 2.67. The van der Waals surface area contributed by atoms with Crippen molar-refractivity contribution < 1.29 is 13.2 Å². The molecule has 6 heteroatoms. The number of sulfonamides is 1. The molecule has 0 radical (unpaired) electrons. The number of nitrogens with one attached hydrogen (secondary N) is 1. The molecule has 1 saturated heterocycles. The van der Waals surface area contributed by atoms with Crippen molar-refractivity contribution in [1.82, 2.24) is 9.62 Å². The van der Waals surface area contributed by atoms with Crippen LogP contribution in [0.2, 0.25) is 0 Å². The minimum atomic E-state index is -3.54. The molecule has 2 aromatic carbocycles. The highest BCUT2D eigenvalue weighted by atomic mass is 32.2. The smallest absolute Gasteiger partial charge is 0.251 e. The van der Waals surface area contributed by atoms with Crippen LogP contribution in [0.3, 0.4) is 0 Å². The SMILES string of the molecule is CC(NC(=O)c1cccc(S(=O)(=O)N2CCCC2)c1)c1ccc(C(C)(C)C)cc1. The highest BCUT2D eigenvalue weighted by molar-refractivity contribution is 7.89. The van der Waals surface area contributed by atoms with Crippen molar-refractivity contribution in [2.45, 2.75) is 56.9 Å². The number of carbonyl (C=O) groups excluding carboxylic acids is 1. The van der Waals surface area contributed by atoms with Crippen molar-refractivity contribution in [1.29, 1.82) is 0 Å². The van der Waals surface area contributed by atoms with Crippen LogP contribution in [0.25, 0.3) is 0 Å². The van der Waals surface area contributed by atoms with Crippen molar-refractivity contribution in [2.75, 3.05) is 13.1 Å². The maximum atomic E-state index is 12.8. The Kier molecular flexibility index (Phi) is 6.15. The molecule has 1 aliphatic heterocycles. The Morgan fingerprint density at radius 2 is 1.66 bits per heavy atom. The summed E-state index contributed by atoms with van der Waals surface area (Å²) in [6.45, 7) is 9.50. The van der Waals surface area contributed by atoms with Crippen LogP contribution < -0.4 is 5.32 Å². The molecule has 1 fully saturated rings. The summed E-state index contributed by atoms with van der Waals surface area (Å²) in [6.07, 6.45) is 1.76. The van der Waals surface area contributed by atoms with Crippen LogP contribution >= 0.6 is 0 Å². The lowest BCUT2D eigenvalue weighted by molar-refractivity contribution is 0.0939. The standard InChI is InChI=1S/C23H30N2O3S/c1-17(18-10-12-20(13-11-18)23(2,3)4)24-22(26)19-8-7-9-21(16-19)29(27,28)25-14-5-6-15-25/h7-13,16-17H,5-6,14-15H2,1-4H3,(H,24,26). The third-order valence-corrected chi connectivity index (χ3v) is 7.32. The Bertz CT molecular complexity index is 970. The molecule has 2 aromatic rings. The molecular formula is C23H30N2O3S. The minimum Gasteiger partial charge on any atom is -0.346 e. The summed E-state index contributed by atoms with van der Waals surface area (Å²) in [6, 6.07) is 14.3. The van der Waals surface area contributed by atoms with E-state index in [1.165, 1.54) is 15.9 Å². The zero-order valence-electron chi connectivity index (χ0n) is 17.6. The van der Waals surface area contributed by atoms with Crippen molar-refractivity contribution in [3.8, 4) is 0 Å². The van der Waals surface area contributed by atoms with Crippen LogP contribution in [0.5, 0.6) is 0 Å². The van der Waals surface area contributed by atoms with Crippen LogP contribution in [-0.2, 0) is 15.4 Å². The molecule has 0 saturated carbocycles. The Morgan fingerprint density at radius 1 is 1.03 bits per heavy atom. The van der Waals surface area contributed by atoms with Gasteiger partial charge in [-0.15, -0.1) is 0 Å². The molecule has 1 heterocycles. The van der Waals surface area contributed by atoms with Gasteiger partial charge in [-0.2, -0.15) is 4.31 Å². The number of hydrogen-bond donors (Lipinski definition) is 1. The highest BCUT2D eigenvalue weighted by Gasteiger charge is 2.27. The van der Waals surface area contributed by atoms with Crippen LogP contribution in [0.4, 0.5) is 0 Å². The van der Waals surface area contributed by atoms with Gasteiger partial charge in [0, 0.05) is 18.7 Å². The van der Waals surface area contributed by atoms with Gasteiger partial charge in [0.25, 0.3) is 5.91 Å². The van der Waals surface area contributed by atoms with E-state index >= 15 is 0 Å². The summed E-state index contributed by atoms with van der Waals surface area (Å²) in [5.74, 6) is -0.282. The number of rotatable bonds is 5. The van der Waals surface area contributed by atoms with Gasteiger partial charge in [0.15, 0.2) is 0 Å². The fourth-order valence-corrected chi connectivity index (χ4v) is 5.07. The average molecular weight is 415 g/mol. The molecule has 0 aromatic heterocycles. The van der Waals surface area contributed by atoms with E-state index in [1.807, 2.05) is 19.1 Å². The normalized spacial score (nSPS) is 16.6. The number of hydrogen-bond acceptors (Lipinski definition) is 3. The van der Waals surface area contributed by atoms with E-state index in [9.17, 15) is 13.2 Å². The first kappa shape index (κ1) is 21.5. The monoisotopic (exact) mass is 414 g/mol. The van der Waals surface area contributed by atoms with Gasteiger partial charge >= 0.3 is 0 Å². The lowest BCUT2D eigenvalue weighted by Gasteiger charge is -2.21. The minimum absolute atomic E-state index is 0.0757. The molecule has 0 bridgehead atoms. The Labute approximate surface area is 174 Å². The third-order valence-electron chi connectivity index (χ3n) is 5.42. The van der Waals surface area contributed by atoms with Crippen LogP contribution in [0.1, 0.15) is 68.1 Å². The van der Waals surface area contributed by atoms with E-state index in [4.69, 9.17) is 0 Å². The summed E-state index contributed by atoms with van der Waals surface area (Å²) >= 11 is 0. The van der Waals surface area contributed by atoms with Gasteiger partial charge in [-0.05, 0) is 54.5 Å². The van der Waals surface area contributed by atoms with E-state index < -0.39 is 10.0 Å². The predicted molar refractivity (Wildman–Crippen MR) is 115 cm³/mol. The lowest BCUT2D eigenvalue weighted by Crippen LogP contribution is -2.29. The van der Waals surface area contributed by atoms with Crippen molar-refractivity contribution >= 4 is 15.9 Å². The van der Waals surface area contributed by atoms with Gasteiger partial charge in [-0.1, -0.05) is 51.1 Å². The molecule has 1 unspecified atom stereocenters. The van der Waals surface area contributed by atoms with Gasteiger partial charge in [0.2, 0.25) is 10.0 Å². The molecule has 1 aliphatic rings. The Balaban J connectivity index is 1.74. The molecule has 1 atom stereocenters. The number of carbonyl (C=O) groups is 1. The molecule has 29 heavy (non-hydrogen) atoms. The first-order valence-electron chi connectivity index (χ1n) is 10.1. The van der Waals surface area contributed by atoms with Crippen molar-refractivity contribution in [3.63, 3.8) is 0 Å². The number of amides is 1. The Hall–Kier alpha value is -2.18. The van der Waals surface area contributed by atoms with Crippen molar-refractivity contribution in [2.24, 2.45) is 0 Å². The number of nitrogens with zero attached hydrogens (tertiary/aromatic N) is 1. The summed E-state index contributed by atoms with van der Waals surface area (Å²) in [4.78, 5) is 12.9. The van der Waals surface area contributed by atoms with E-state index in [-0.39, 0.29) is 22.3 Å². The first-order valence-corrected chi connectivity index (χ1v) is 11.5. The van der Waals surface area contributed by atoms with E-state index in [0.717, 1.165) is 18.4 Å². The van der Waals surface area contributed by atoms with Crippen LogP contribution in [-0.4, -0.2) is 31.7 Å². The highest BCUT2D eigenvalue weighted by Crippen LogP contribution is 2.25. The van der Waals surface area contributed by atoms with Gasteiger partial charge in [0.05, 0.1) is 10.9 Å². The van der Waals surface area contributed by atoms with Gasteiger partial charge in [0.1, 0.15) is 0 Å². The second-order valence-corrected chi connectivity index (χ2v) is 10.6. The second kappa shape index (κ2) is 8.28. The van der Waals surface area contributed by atoms with Gasteiger partial charge < -0.3 is 5.32 Å². The predicted octanol–water partition coefficient (Wildman–Crippen LogP) is 4.26. The summed E-state index contributed by atoms with van der Waals surface area (Å²) in [5, 5.41) is 2.97. The van der Waals surface area contributed by atoms with Gasteiger partial charge in [-0.25, -0.2) is 8.42 Å². The summed E-state index contributed by atoms with van der Waals surface area (Å²) in [7, 11) is -3.54. The first-order chi connectivity index (χ1) is 13.6. The lowest BCUT2D eigenvalue weighted by atomic mass is 9.86. The largest absolute Gasteiger partial charge is 0.346 e. The molecule has 156 valence electrons. The average Bonchev–Trinajstić information content (AvgIpc) is 3.23. The van der Waals surface area contributed by atoms with Crippen LogP contribution in [0, 0.1) is 0 Å². The van der Waals surface area contributed by atoms with E-state index in [0.29, 0.717) is 18.7 Å². The molecule has 0 aliphatic carbocycles. The molecule has 0 spiro atoms. The summed E-state index contributed by atoms with van der Waals surface area (Å²) < 4.78 is 27.0. The quantitative estimate of drug-likeness (QED) is 0.795. The molecule has 1 N–H and O–H groups in total. The zero-order valence-corrected chi connectivity index (χ0v) is 18.4. The molecule has 5 nitrogen and oxygen atoms in total. The maximum Gasteiger partial charge on any atom is 0.251 e. The van der Waals surface area contributed by atoms with Gasteiger partial charge in [-0.3, -0.25) is 4.79 Å². The number of benzene rings is 2. The maximum absolute atomic E-state index is 12.8. The van der Waals surface area contributed by atoms with Crippen molar-refractivity contribution in [3.05, 3.63) is 65.2 Å². The molecular weight excluding hydrogens is 384 g/mol.